The van der Waals surface area contributed by atoms with Gasteiger partial charge in [-0.25, -0.2) is 47.6 Å². The maximum atomic E-state index is 15.3. The van der Waals surface area contributed by atoms with Crippen molar-refractivity contribution in [3.8, 4) is 0 Å². The molecule has 0 saturated carbocycles. The van der Waals surface area contributed by atoms with E-state index in [1.165, 1.54) is 20.8 Å². The summed E-state index contributed by atoms with van der Waals surface area (Å²) in [6, 6.07) is 0. The highest BCUT2D eigenvalue weighted by Gasteiger charge is 2.70. The lowest BCUT2D eigenvalue weighted by molar-refractivity contribution is -0.0763. The number of ether oxygens (including phenoxy) is 6. The molecular weight excluding hydrogens is 1890 g/mol. The topological polar surface area (TPSA) is 937 Å². The Morgan fingerprint density at radius 2 is 0.800 bits per heavy atom. The molecule has 5 unspecified atom stereocenters. The highest BCUT2D eigenvalue weighted by molar-refractivity contribution is 7.55. The number of phosphoric ester groups is 4. The van der Waals surface area contributed by atoms with Crippen molar-refractivity contribution in [1.29, 1.82) is 0 Å². The van der Waals surface area contributed by atoms with Gasteiger partial charge < -0.3 is 120 Å². The van der Waals surface area contributed by atoms with Gasteiger partial charge in [0.1, 0.15) is 91.9 Å². The maximum Gasteiger partial charge on any atom is 0.472 e. The van der Waals surface area contributed by atoms with E-state index >= 15 is 4.57 Å². The van der Waals surface area contributed by atoms with Crippen molar-refractivity contribution < 1.29 is 161 Å². The molecular formula is C60H77N21O43P6. The molecule has 9 aromatic heterocycles. The van der Waals surface area contributed by atoms with Crippen molar-refractivity contribution in [1.82, 2.24) is 87.2 Å². The summed E-state index contributed by atoms with van der Waals surface area (Å²) in [7, 11) is -35.9. The van der Waals surface area contributed by atoms with Gasteiger partial charge in [0.25, 0.3) is 33.4 Å². The van der Waals surface area contributed by atoms with Gasteiger partial charge in [-0.1, -0.05) is 0 Å². The molecule has 15 rings (SSSR count). The minimum Gasteiger partial charge on any atom is -0.390 e. The van der Waals surface area contributed by atoms with Crippen LogP contribution in [0.2, 0.25) is 0 Å². The fourth-order valence-corrected chi connectivity index (χ4v) is 21.2. The van der Waals surface area contributed by atoms with E-state index < -0.39 is 322 Å². The molecule has 26 atom stereocenters. The third-order valence-electron chi connectivity index (χ3n) is 21.5. The zero-order chi connectivity index (χ0) is 94.3. The second kappa shape index (κ2) is 35.3. The lowest BCUT2D eigenvalue weighted by Crippen LogP contribution is -2.50. The Balaban J connectivity index is 0.695. The summed E-state index contributed by atoms with van der Waals surface area (Å²) in [6.07, 6.45) is -37.8. The third kappa shape index (κ3) is 18.6. The lowest BCUT2D eigenvalue weighted by atomic mass is 10.1. The van der Waals surface area contributed by atoms with Crippen LogP contribution in [0.3, 0.4) is 0 Å². The van der Waals surface area contributed by atoms with Crippen LogP contribution in [0.1, 0.15) is 73.3 Å². The van der Waals surface area contributed by atoms with Gasteiger partial charge >= 0.3 is 63.6 Å². The first-order valence-electron chi connectivity index (χ1n) is 37.6. The molecule has 15 heterocycles. The van der Waals surface area contributed by atoms with Crippen molar-refractivity contribution in [3.63, 3.8) is 0 Å². The van der Waals surface area contributed by atoms with Gasteiger partial charge in [0.2, 0.25) is 23.2 Å². The number of anilines is 3. The number of nitrogens with zero attached hydrogens (tertiary/aromatic N) is 12. The van der Waals surface area contributed by atoms with E-state index in [9.17, 15) is 131 Å². The Morgan fingerprint density at radius 3 is 1.25 bits per heavy atom. The first-order valence-corrected chi connectivity index (χ1v) is 46.8. The molecule has 0 spiro atoms. The van der Waals surface area contributed by atoms with Gasteiger partial charge in [-0.15, -0.1) is 0 Å². The first-order chi connectivity index (χ1) is 60.7. The number of aliphatic hydroxyl groups is 6. The molecule has 6 fully saturated rings. The standard InChI is InChI=1S/C60H77N21O43P6/c1-19-7-76(56(92)73-44(19)86)30-4-22(82)24(116-30)10-113-129(106,107)124-39-27(119-51(37(39)84)80-17-65-34-42(80)68-54(62)71-48(34)90)13-115-128(104,105)122-23-5-31(77-8-20(2)45(87)74-57(77)93)117-25(23)11-114-130(108,109)123-38-26(118-50(36(38)83)79-16-64-33-41(79)67-53(61)70-47(33)89)12-110-126(99,100)60(96)29(121-52(40(60)85)81-18-66-35-43(81)69-55(63)72-49(35)91)15-111-125(97,98)59(95)6-32(120-28(59)14-112-127(101,102)103)78-9-21(3)46(88)75-58(78)94/h7-9,16-18,22-32,36-40,50-52,82-85,95-96H,4-6,10-15H2,1-3H3,(H,97,98)(H,99,100)(H,104,105)(H,106,107)(H,108,109)(H,73,86,92)(H,74,87,93)(H,75,88,94)(H2,101,102,103)(H3,61,67,70,89)(H3,62,68,71,90)(H3,63,69,72,91)/t22-,23-,24+,25+,26+,27+,28+,29+,30+,31+,32+,36+,37+,38+,39+,40-,50+,51+,52+,59+,60-/m0/s1. The fraction of sp³-hybridized carbons (Fsp3) is 0.550. The molecule has 6 aliphatic rings. The van der Waals surface area contributed by atoms with E-state index in [0.29, 0.717) is 15.5 Å². The SMILES string of the molecule is Cc1cn([C@H]2C[C@H](OP(=O)(O)OC[C@H]3O[C@@H](n4cnc5c(=O)[nH]c(N)nc54)[C@H](O)[C@@H]3OP(=O)(O)OC[C@H]3O[C@@H](n4cc(C)c(=O)[nH]c4=O)C[C@@H]3O)[C@@H](COP(=O)(O)O[C@H]3[C@@H](O)[C@H](n4cnc5c(=O)[nH]c(N)nc54)O[C@@H]3COP(=O)(O)[C@@]3(O)[C@@H](COP(=O)(O)[C@]4(O)C[C@H](n5cc(C)c(=O)[nH]c5=O)O[C@@H]4COP(=O)(O)O)O[C@@H](n4cnc5c(=O)[nH]c(N)nc54)[C@@H]3O)O2)c(=O)[nH]c1=O. The Kier molecular flexibility index (Phi) is 25.9. The van der Waals surface area contributed by atoms with E-state index in [2.05, 4.69) is 54.4 Å². The van der Waals surface area contributed by atoms with Crippen LogP contribution in [-0.2, 0) is 96.5 Å². The molecule has 6 saturated heterocycles. The van der Waals surface area contributed by atoms with Crippen molar-refractivity contribution in [2.24, 2.45) is 0 Å². The van der Waals surface area contributed by atoms with Gasteiger partial charge in [-0.2, -0.15) is 15.0 Å². The largest absolute Gasteiger partial charge is 0.472 e. The van der Waals surface area contributed by atoms with Crippen LogP contribution in [0.15, 0.2) is 80.7 Å². The average molecular weight is 1970 g/mol. The molecule has 0 aliphatic carbocycles. The number of nitrogens with one attached hydrogen (secondary N) is 6. The average Bonchev–Trinajstić information content (AvgIpc) is 1.57. The molecule has 25 N–H and O–H groups in total. The summed E-state index contributed by atoms with van der Waals surface area (Å²) in [5, 5.41) is 64.8. The molecule has 64 nitrogen and oxygen atoms in total. The zero-order valence-corrected chi connectivity index (χ0v) is 71.5. The fourth-order valence-electron chi connectivity index (χ4n) is 15.0. The number of hydrogen-bond donors (Lipinski definition) is 22. The first kappa shape index (κ1) is 95.4. The molecule has 0 aromatic carbocycles. The number of imidazole rings is 3. The Morgan fingerprint density at radius 1 is 0.423 bits per heavy atom. The van der Waals surface area contributed by atoms with E-state index in [1.54, 1.807) is 0 Å². The van der Waals surface area contributed by atoms with Gasteiger partial charge in [0.05, 0.1) is 64.7 Å². The monoisotopic (exact) mass is 1970 g/mol. The molecule has 710 valence electrons. The van der Waals surface area contributed by atoms with Crippen molar-refractivity contribution in [3.05, 3.63) is 148 Å². The summed E-state index contributed by atoms with van der Waals surface area (Å²) >= 11 is 0. The number of hydrogen-bond acceptors (Lipinski definition) is 45. The number of H-pyrrole nitrogens is 6. The van der Waals surface area contributed by atoms with Gasteiger partial charge in [-0.05, 0) is 20.8 Å². The summed E-state index contributed by atoms with van der Waals surface area (Å²) in [5.74, 6) is -1.73. The summed E-state index contributed by atoms with van der Waals surface area (Å²) in [5.41, 5.74) is 5.20. The van der Waals surface area contributed by atoms with Crippen LogP contribution in [0.4, 0.5) is 17.8 Å². The van der Waals surface area contributed by atoms with Gasteiger partial charge in [-0.3, -0.25) is 127 Å². The predicted octanol–water partition coefficient (Wildman–Crippen LogP) is -7.90. The second-order valence-corrected chi connectivity index (χ2v) is 39.6. The van der Waals surface area contributed by atoms with Crippen LogP contribution in [0, 0.1) is 20.8 Å². The third-order valence-corrected chi connectivity index (χ3v) is 28.8. The van der Waals surface area contributed by atoms with E-state index in [4.69, 9.17) is 81.8 Å². The molecule has 0 amide bonds. The Labute approximate surface area is 716 Å². The molecule has 0 radical (unpaired) electrons. The quantitative estimate of drug-likeness (QED) is 0.0174. The smallest absolute Gasteiger partial charge is 0.390 e. The highest BCUT2D eigenvalue weighted by atomic mass is 31.2. The van der Waals surface area contributed by atoms with Crippen LogP contribution in [-0.4, -0.2) is 282 Å². The van der Waals surface area contributed by atoms with Crippen LogP contribution >= 0.6 is 46.5 Å². The minimum absolute atomic E-state index is 0.0632. The molecule has 9 aromatic rings. The number of aromatic amines is 6. The predicted molar refractivity (Wildman–Crippen MR) is 419 cm³/mol. The molecule has 130 heavy (non-hydrogen) atoms. The van der Waals surface area contributed by atoms with Crippen molar-refractivity contribution >= 4 is 97.8 Å². The summed E-state index contributed by atoms with van der Waals surface area (Å²) in [4.78, 5) is 229. The normalized spacial score (nSPS) is 31.3. The lowest BCUT2D eigenvalue weighted by Gasteiger charge is -2.36. The van der Waals surface area contributed by atoms with Crippen molar-refractivity contribution in [2.75, 3.05) is 56.8 Å². The molecule has 70 heteroatoms. The van der Waals surface area contributed by atoms with Crippen molar-refractivity contribution in [2.45, 2.75) is 167 Å². The van der Waals surface area contributed by atoms with E-state index in [0.717, 1.165) is 49.5 Å². The van der Waals surface area contributed by atoms with E-state index in [-0.39, 0.29) is 28.8 Å². The van der Waals surface area contributed by atoms with Gasteiger partial charge in [0, 0.05) is 54.5 Å². The number of nitrogens with two attached hydrogens (primary N) is 3. The second-order valence-electron chi connectivity index (χ2n) is 30.1. The number of aryl methyl sites for hydroxylation is 3. The number of aromatic nitrogens is 18. The number of rotatable bonds is 32. The maximum absolute atomic E-state index is 15.3. The Bertz CT molecular complexity index is 6820. The molecule has 0 bridgehead atoms. The van der Waals surface area contributed by atoms with E-state index in [1.807, 2.05) is 9.97 Å². The molecule has 6 aliphatic heterocycles. The number of fused-ring (bicyclic) bond motifs is 3. The number of aliphatic hydroxyl groups excluding tert-OH is 4. The minimum atomic E-state index is -6.53. The van der Waals surface area contributed by atoms with Crippen LogP contribution in [0.5, 0.6) is 0 Å². The van der Waals surface area contributed by atoms with Crippen LogP contribution < -0.4 is 67.6 Å². The highest BCUT2D eigenvalue weighted by Crippen LogP contribution is 2.67. The zero-order valence-electron chi connectivity index (χ0n) is 66.1. The Hall–Kier alpha value is -9.25. The number of nitrogen functional groups attached to an aromatic ring is 3. The summed E-state index contributed by atoms with van der Waals surface area (Å²) < 4.78 is 173. The van der Waals surface area contributed by atoms with Crippen LogP contribution in [0.25, 0.3) is 33.5 Å². The van der Waals surface area contributed by atoms with Gasteiger partial charge in [0.15, 0.2) is 57.5 Å². The summed E-state index contributed by atoms with van der Waals surface area (Å²) in [6.45, 7) is -4.94. The number of phosphoric acid groups is 4.